The van der Waals surface area contributed by atoms with Crippen molar-refractivity contribution in [1.29, 1.82) is 0 Å². The van der Waals surface area contributed by atoms with Gasteiger partial charge in [-0.25, -0.2) is 0 Å². The summed E-state index contributed by atoms with van der Waals surface area (Å²) in [4.78, 5) is 12.0. The van der Waals surface area contributed by atoms with E-state index in [1.54, 1.807) is 0 Å². The Kier molecular flexibility index (Phi) is 6.86. The minimum atomic E-state index is -0.461. The van der Waals surface area contributed by atoms with Gasteiger partial charge in [0.05, 0.1) is 6.04 Å². The minimum Gasteiger partial charge on any atom is -0.353 e. The lowest BCUT2D eigenvalue weighted by atomic mass is 10.0. The first-order chi connectivity index (χ1) is 9.09. The number of hydrogen-bond donors (Lipinski definition) is 2. The fourth-order valence-electron chi connectivity index (χ4n) is 2.34. The molecule has 0 aromatic heterocycles. The van der Waals surface area contributed by atoms with E-state index in [0.29, 0.717) is 6.42 Å². The summed E-state index contributed by atoms with van der Waals surface area (Å²) in [7, 11) is 0. The van der Waals surface area contributed by atoms with Gasteiger partial charge in [-0.1, -0.05) is 30.3 Å². The number of thioether (sulfide) groups is 1. The Hall–Kier alpha value is -0.710. The zero-order valence-electron chi connectivity index (χ0n) is 11.8. The highest BCUT2D eigenvalue weighted by Crippen LogP contribution is 2.36. The maximum absolute atomic E-state index is 12.0. The van der Waals surface area contributed by atoms with E-state index in [1.807, 2.05) is 42.1 Å². The van der Waals surface area contributed by atoms with Crippen molar-refractivity contribution in [2.24, 2.45) is 5.73 Å². The average molecular weight is 315 g/mol. The van der Waals surface area contributed by atoms with Crippen molar-refractivity contribution in [3.63, 3.8) is 0 Å². The quantitative estimate of drug-likeness (QED) is 0.877. The van der Waals surface area contributed by atoms with Crippen molar-refractivity contribution in [2.75, 3.05) is 12.3 Å². The maximum Gasteiger partial charge on any atom is 0.237 e. The van der Waals surface area contributed by atoms with Gasteiger partial charge >= 0.3 is 0 Å². The molecule has 1 fully saturated rings. The van der Waals surface area contributed by atoms with E-state index in [2.05, 4.69) is 12.2 Å². The largest absolute Gasteiger partial charge is 0.353 e. The number of nitrogens with one attached hydrogen (secondary N) is 1. The number of benzene rings is 1. The molecule has 1 heterocycles. The van der Waals surface area contributed by atoms with E-state index in [0.717, 1.165) is 12.1 Å². The third-order valence-corrected chi connectivity index (χ3v) is 5.11. The highest BCUT2D eigenvalue weighted by atomic mass is 35.5. The molecule has 5 heteroatoms. The summed E-state index contributed by atoms with van der Waals surface area (Å²) in [6.07, 6.45) is 3.01. The number of carbonyl (C=O) groups is 1. The molecule has 2 atom stereocenters. The third kappa shape index (κ3) is 5.00. The normalized spacial score (nSPS) is 22.9. The van der Waals surface area contributed by atoms with E-state index in [1.165, 1.54) is 18.6 Å². The number of amides is 1. The van der Waals surface area contributed by atoms with Crippen LogP contribution in [0.1, 0.15) is 25.3 Å². The first-order valence-electron chi connectivity index (χ1n) is 6.80. The highest BCUT2D eigenvalue weighted by Gasteiger charge is 2.30. The van der Waals surface area contributed by atoms with Crippen LogP contribution in [0.15, 0.2) is 30.3 Å². The molecule has 1 unspecified atom stereocenters. The molecule has 2 rings (SSSR count). The highest BCUT2D eigenvalue weighted by molar-refractivity contribution is 8.00. The van der Waals surface area contributed by atoms with Gasteiger partial charge in [0.15, 0.2) is 0 Å². The number of halogens is 1. The summed E-state index contributed by atoms with van der Waals surface area (Å²) < 4.78 is 0.197. The monoisotopic (exact) mass is 314 g/mol. The molecule has 1 aliphatic rings. The Balaban J connectivity index is 0.00000200. The Morgan fingerprint density at radius 2 is 2.15 bits per heavy atom. The standard InChI is InChI=1S/C15H22N2OS.ClH/c1-15(8-5-9-19-15)11-17-14(18)13(16)10-12-6-3-2-4-7-12;/h2-4,6-7,13H,5,8-11,16H2,1H3,(H,17,18);1H/t13-,15?;/m0./s1. The number of rotatable bonds is 5. The van der Waals surface area contributed by atoms with Gasteiger partial charge in [-0.2, -0.15) is 11.8 Å². The van der Waals surface area contributed by atoms with Gasteiger partial charge in [-0.05, 0) is 37.5 Å². The Morgan fingerprint density at radius 3 is 2.75 bits per heavy atom. The van der Waals surface area contributed by atoms with Gasteiger partial charge in [0.25, 0.3) is 0 Å². The summed E-state index contributed by atoms with van der Waals surface area (Å²) in [6, 6.07) is 9.44. The lowest BCUT2D eigenvalue weighted by Gasteiger charge is -2.24. The molecule has 3 nitrogen and oxygen atoms in total. The minimum absolute atomic E-state index is 0. The van der Waals surface area contributed by atoms with Crippen LogP contribution in [0, 0.1) is 0 Å². The summed E-state index contributed by atoms with van der Waals surface area (Å²) in [5, 5.41) is 3.00. The fourth-order valence-corrected chi connectivity index (χ4v) is 3.59. The number of hydrogen-bond acceptors (Lipinski definition) is 3. The number of carbonyl (C=O) groups excluding carboxylic acids is 1. The zero-order valence-corrected chi connectivity index (χ0v) is 13.4. The smallest absolute Gasteiger partial charge is 0.237 e. The summed E-state index contributed by atoms with van der Waals surface area (Å²) in [5.41, 5.74) is 7.06. The van der Waals surface area contributed by atoms with Crippen LogP contribution in [0.2, 0.25) is 0 Å². The van der Waals surface area contributed by atoms with Crippen molar-refractivity contribution < 1.29 is 4.79 Å². The van der Waals surface area contributed by atoms with Crippen LogP contribution in [0.5, 0.6) is 0 Å². The molecule has 1 aromatic carbocycles. The van der Waals surface area contributed by atoms with Crippen molar-refractivity contribution in [3.8, 4) is 0 Å². The van der Waals surface area contributed by atoms with Crippen molar-refractivity contribution >= 4 is 30.1 Å². The van der Waals surface area contributed by atoms with Gasteiger partial charge in [0.1, 0.15) is 0 Å². The van der Waals surface area contributed by atoms with E-state index in [4.69, 9.17) is 5.73 Å². The molecular formula is C15H23ClN2OS. The summed E-state index contributed by atoms with van der Waals surface area (Å²) in [6.45, 7) is 2.94. The van der Waals surface area contributed by atoms with E-state index >= 15 is 0 Å². The predicted molar refractivity (Wildman–Crippen MR) is 88.5 cm³/mol. The van der Waals surface area contributed by atoms with Crippen LogP contribution in [0.3, 0.4) is 0 Å². The van der Waals surface area contributed by atoms with Crippen LogP contribution < -0.4 is 11.1 Å². The molecular weight excluding hydrogens is 292 g/mol. The molecule has 0 spiro atoms. The predicted octanol–water partition coefficient (Wildman–Crippen LogP) is 2.38. The molecule has 0 radical (unpaired) electrons. The van der Waals surface area contributed by atoms with Gasteiger partial charge in [-0.3, -0.25) is 4.79 Å². The van der Waals surface area contributed by atoms with Crippen LogP contribution >= 0.6 is 24.2 Å². The molecule has 0 saturated carbocycles. The second kappa shape index (κ2) is 7.91. The second-order valence-electron chi connectivity index (χ2n) is 5.42. The van der Waals surface area contributed by atoms with E-state index in [9.17, 15) is 4.79 Å². The zero-order chi connectivity index (χ0) is 13.7. The molecule has 1 amide bonds. The summed E-state index contributed by atoms with van der Waals surface area (Å²) >= 11 is 1.95. The number of nitrogens with two attached hydrogens (primary N) is 1. The molecule has 3 N–H and O–H groups in total. The Bertz CT molecular complexity index is 421. The third-order valence-electron chi connectivity index (χ3n) is 3.57. The van der Waals surface area contributed by atoms with Gasteiger partial charge in [0.2, 0.25) is 5.91 Å². The topological polar surface area (TPSA) is 55.1 Å². The summed E-state index contributed by atoms with van der Waals surface area (Å²) in [5.74, 6) is 1.15. The van der Waals surface area contributed by atoms with Crippen LogP contribution in [-0.2, 0) is 11.2 Å². The van der Waals surface area contributed by atoms with Crippen molar-refractivity contribution in [2.45, 2.75) is 37.0 Å². The molecule has 0 aliphatic carbocycles. The first-order valence-corrected chi connectivity index (χ1v) is 7.79. The second-order valence-corrected chi connectivity index (χ2v) is 7.10. The van der Waals surface area contributed by atoms with Crippen molar-refractivity contribution in [1.82, 2.24) is 5.32 Å². The van der Waals surface area contributed by atoms with E-state index in [-0.39, 0.29) is 23.1 Å². The SMILES string of the molecule is CC1(CNC(=O)[C@@H](N)Cc2ccccc2)CCCS1.Cl. The average Bonchev–Trinajstić information content (AvgIpc) is 2.84. The maximum atomic E-state index is 12.0. The van der Waals surface area contributed by atoms with Crippen LogP contribution in [0.25, 0.3) is 0 Å². The molecule has 0 bridgehead atoms. The molecule has 20 heavy (non-hydrogen) atoms. The molecule has 1 saturated heterocycles. The van der Waals surface area contributed by atoms with Gasteiger partial charge < -0.3 is 11.1 Å². The first kappa shape index (κ1) is 17.3. The molecule has 1 aliphatic heterocycles. The van der Waals surface area contributed by atoms with Gasteiger partial charge in [0, 0.05) is 11.3 Å². The molecule has 1 aromatic rings. The van der Waals surface area contributed by atoms with E-state index < -0.39 is 6.04 Å². The fraction of sp³-hybridized carbons (Fsp3) is 0.533. The lowest BCUT2D eigenvalue weighted by molar-refractivity contribution is -0.122. The Morgan fingerprint density at radius 1 is 1.45 bits per heavy atom. The lowest BCUT2D eigenvalue weighted by Crippen LogP contribution is -2.46. The van der Waals surface area contributed by atoms with Crippen LogP contribution in [0.4, 0.5) is 0 Å². The van der Waals surface area contributed by atoms with Crippen molar-refractivity contribution in [3.05, 3.63) is 35.9 Å². The van der Waals surface area contributed by atoms with Gasteiger partial charge in [-0.15, -0.1) is 12.4 Å². The van der Waals surface area contributed by atoms with Crippen LogP contribution in [-0.4, -0.2) is 29.0 Å². The molecule has 112 valence electrons. The Labute approximate surface area is 131 Å².